The van der Waals surface area contributed by atoms with E-state index in [-0.39, 0.29) is 36.5 Å². The smallest absolute Gasteiger partial charge is 0.360 e. The molecule has 1 aromatic heterocycles. The number of rotatable bonds is 5. The lowest BCUT2D eigenvalue weighted by Crippen LogP contribution is -2.51. The van der Waals surface area contributed by atoms with Crippen LogP contribution in [0.1, 0.15) is 57.2 Å². The van der Waals surface area contributed by atoms with Gasteiger partial charge in [-0.25, -0.2) is 14.6 Å². The summed E-state index contributed by atoms with van der Waals surface area (Å²) in [6, 6.07) is 0. The molecule has 0 aromatic carbocycles. The number of fused-ring (bicyclic) bond motifs is 2. The molecule has 0 aliphatic carbocycles. The molecule has 148 valence electrons. The Kier molecular flexibility index (Phi) is 5.27. The minimum Gasteiger partial charge on any atom is -0.476 e. The zero-order valence-corrected chi connectivity index (χ0v) is 16.7. The van der Waals surface area contributed by atoms with Gasteiger partial charge in [-0.1, -0.05) is 5.16 Å². The number of ether oxygens (including phenoxy) is 2. The van der Waals surface area contributed by atoms with Crippen molar-refractivity contribution in [2.75, 3.05) is 0 Å². The van der Waals surface area contributed by atoms with E-state index in [0.29, 0.717) is 5.01 Å². The molecule has 8 nitrogen and oxygen atoms in total. The molecule has 2 saturated heterocycles. The maximum Gasteiger partial charge on any atom is 0.360 e. The van der Waals surface area contributed by atoms with Crippen molar-refractivity contribution in [1.82, 2.24) is 4.98 Å². The second-order valence-electron chi connectivity index (χ2n) is 7.95. The predicted octanol–water partition coefficient (Wildman–Crippen LogP) is 2.68. The summed E-state index contributed by atoms with van der Waals surface area (Å²) in [4.78, 5) is 34.4. The number of oxime groups is 1. The molecule has 0 saturated carbocycles. The summed E-state index contributed by atoms with van der Waals surface area (Å²) in [5.41, 5.74) is -2.18. The standard InChI is InChI=1S/C18H24N2O6S/c1-10-19-13(9-27-10)14(15(21)22)20-26-18(16(23)25-17(2,3)4)7-11-5-6-12(8-18)24-11/h9,11-12H,5-8H2,1-4H3,(H,21,22)/b20-14-. The number of aromatic nitrogens is 1. The van der Waals surface area contributed by atoms with Crippen LogP contribution in [0.25, 0.3) is 0 Å². The van der Waals surface area contributed by atoms with Crippen LogP contribution in [0.4, 0.5) is 0 Å². The lowest BCUT2D eigenvalue weighted by atomic mass is 9.90. The summed E-state index contributed by atoms with van der Waals surface area (Å²) in [7, 11) is 0. The van der Waals surface area contributed by atoms with Crippen molar-refractivity contribution >= 4 is 29.0 Å². The van der Waals surface area contributed by atoms with Gasteiger partial charge < -0.3 is 19.4 Å². The van der Waals surface area contributed by atoms with Crippen LogP contribution < -0.4 is 0 Å². The molecule has 0 amide bonds. The monoisotopic (exact) mass is 396 g/mol. The van der Waals surface area contributed by atoms with Crippen molar-refractivity contribution in [1.29, 1.82) is 0 Å². The lowest BCUT2D eigenvalue weighted by Gasteiger charge is -2.37. The molecule has 2 bridgehead atoms. The Hall–Kier alpha value is -2.00. The van der Waals surface area contributed by atoms with Crippen LogP contribution in [0.3, 0.4) is 0 Å². The SMILES string of the molecule is Cc1nc(/C(=N/OC2(C(=O)OC(C)(C)C)CC3CCC(C2)O3)C(=O)O)cs1. The molecule has 9 heteroatoms. The summed E-state index contributed by atoms with van der Waals surface area (Å²) in [6.07, 6.45) is 1.98. The predicted molar refractivity (Wildman–Crippen MR) is 97.8 cm³/mol. The Labute approximate surface area is 161 Å². The van der Waals surface area contributed by atoms with E-state index in [9.17, 15) is 14.7 Å². The Balaban J connectivity index is 1.91. The Bertz CT molecular complexity index is 754. The summed E-state index contributed by atoms with van der Waals surface area (Å²) >= 11 is 1.31. The highest BCUT2D eigenvalue weighted by Crippen LogP contribution is 2.42. The number of nitrogens with zero attached hydrogens (tertiary/aromatic N) is 2. The molecular formula is C18H24N2O6S. The Morgan fingerprint density at radius 2 is 1.96 bits per heavy atom. The third kappa shape index (κ3) is 4.47. The molecule has 3 rings (SSSR count). The quantitative estimate of drug-likeness (QED) is 0.463. The van der Waals surface area contributed by atoms with Crippen molar-refractivity contribution in [2.24, 2.45) is 5.16 Å². The van der Waals surface area contributed by atoms with Crippen molar-refractivity contribution in [3.8, 4) is 0 Å². The van der Waals surface area contributed by atoms with Crippen LogP contribution in [0, 0.1) is 6.92 Å². The van der Waals surface area contributed by atoms with Gasteiger partial charge in [0.2, 0.25) is 11.3 Å². The fourth-order valence-corrected chi connectivity index (χ4v) is 3.95. The van der Waals surface area contributed by atoms with Gasteiger partial charge in [0, 0.05) is 18.2 Å². The Morgan fingerprint density at radius 3 is 2.44 bits per heavy atom. The van der Waals surface area contributed by atoms with Crippen molar-refractivity contribution in [3.05, 3.63) is 16.1 Å². The molecule has 2 unspecified atom stereocenters. The number of hydrogen-bond donors (Lipinski definition) is 1. The summed E-state index contributed by atoms with van der Waals surface area (Å²) < 4.78 is 11.4. The Morgan fingerprint density at radius 1 is 1.33 bits per heavy atom. The molecule has 2 aliphatic heterocycles. The van der Waals surface area contributed by atoms with E-state index in [1.807, 2.05) is 0 Å². The van der Waals surface area contributed by atoms with Crippen molar-refractivity contribution in [2.45, 2.75) is 76.8 Å². The third-order valence-electron chi connectivity index (χ3n) is 4.46. The van der Waals surface area contributed by atoms with Crippen molar-refractivity contribution < 1.29 is 29.0 Å². The second kappa shape index (κ2) is 7.20. The number of carboxylic acids is 1. The maximum absolute atomic E-state index is 12.9. The fraction of sp³-hybridized carbons (Fsp3) is 0.667. The first-order valence-electron chi connectivity index (χ1n) is 8.89. The first-order valence-corrected chi connectivity index (χ1v) is 9.77. The van der Waals surface area contributed by atoms with Crippen LogP contribution >= 0.6 is 11.3 Å². The minimum atomic E-state index is -1.36. The molecule has 2 fully saturated rings. The molecule has 2 aliphatic rings. The summed E-state index contributed by atoms with van der Waals surface area (Å²) in [5.74, 6) is -1.81. The molecule has 0 spiro atoms. The number of carbonyl (C=O) groups excluding carboxylic acids is 1. The van der Waals surface area contributed by atoms with E-state index in [1.165, 1.54) is 11.3 Å². The highest BCUT2D eigenvalue weighted by Gasteiger charge is 2.54. The normalized spacial score (nSPS) is 28.1. The first kappa shape index (κ1) is 19.8. The van der Waals surface area contributed by atoms with E-state index in [2.05, 4.69) is 10.1 Å². The van der Waals surface area contributed by atoms with Crippen LogP contribution in [0.15, 0.2) is 10.5 Å². The lowest BCUT2D eigenvalue weighted by molar-refractivity contribution is -0.203. The fourth-order valence-electron chi connectivity index (χ4n) is 3.35. The van der Waals surface area contributed by atoms with E-state index < -0.39 is 23.1 Å². The minimum absolute atomic E-state index is 0.124. The van der Waals surface area contributed by atoms with Gasteiger partial charge in [-0.05, 0) is 40.5 Å². The molecule has 2 atom stereocenters. The number of hydrogen-bond acceptors (Lipinski definition) is 8. The zero-order valence-electron chi connectivity index (χ0n) is 15.9. The summed E-state index contributed by atoms with van der Waals surface area (Å²) in [6.45, 7) is 7.09. The highest BCUT2D eigenvalue weighted by atomic mass is 32.1. The number of aryl methyl sites for hydroxylation is 1. The van der Waals surface area contributed by atoms with Gasteiger partial charge in [0.25, 0.3) is 0 Å². The van der Waals surface area contributed by atoms with Gasteiger partial charge >= 0.3 is 11.9 Å². The van der Waals surface area contributed by atoms with Crippen LogP contribution in [0.2, 0.25) is 0 Å². The van der Waals surface area contributed by atoms with Gasteiger partial charge in [-0.15, -0.1) is 11.3 Å². The van der Waals surface area contributed by atoms with Gasteiger partial charge in [-0.3, -0.25) is 0 Å². The van der Waals surface area contributed by atoms with E-state index in [4.69, 9.17) is 14.3 Å². The van der Waals surface area contributed by atoms with Gasteiger partial charge in [0.15, 0.2) is 0 Å². The average Bonchev–Trinajstić information content (AvgIpc) is 3.11. The van der Waals surface area contributed by atoms with E-state index >= 15 is 0 Å². The first-order chi connectivity index (χ1) is 12.6. The number of aliphatic carboxylic acids is 1. The van der Waals surface area contributed by atoms with Crippen LogP contribution in [-0.2, 0) is 23.9 Å². The van der Waals surface area contributed by atoms with E-state index in [0.717, 1.165) is 12.8 Å². The van der Waals surface area contributed by atoms with E-state index in [1.54, 1.807) is 33.1 Å². The van der Waals surface area contributed by atoms with Crippen LogP contribution in [0.5, 0.6) is 0 Å². The zero-order chi connectivity index (χ0) is 19.8. The number of carbonyl (C=O) groups is 2. The van der Waals surface area contributed by atoms with Gasteiger partial charge in [-0.2, -0.15) is 0 Å². The van der Waals surface area contributed by atoms with Crippen molar-refractivity contribution in [3.63, 3.8) is 0 Å². The molecular weight excluding hydrogens is 372 g/mol. The maximum atomic E-state index is 12.9. The molecule has 27 heavy (non-hydrogen) atoms. The molecule has 3 heterocycles. The topological polar surface area (TPSA) is 107 Å². The van der Waals surface area contributed by atoms with Gasteiger partial charge in [0.05, 0.1) is 17.2 Å². The average molecular weight is 396 g/mol. The number of thiazole rings is 1. The second-order valence-corrected chi connectivity index (χ2v) is 9.01. The number of carboxylic acid groups (broad SMARTS) is 1. The molecule has 0 radical (unpaired) electrons. The number of esters is 1. The summed E-state index contributed by atoms with van der Waals surface area (Å²) in [5, 5.41) is 15.7. The molecule has 1 N–H and O–H groups in total. The highest BCUT2D eigenvalue weighted by molar-refractivity contribution is 7.09. The third-order valence-corrected chi connectivity index (χ3v) is 5.23. The van der Waals surface area contributed by atoms with Gasteiger partial charge in [0.1, 0.15) is 11.3 Å². The molecule has 1 aromatic rings. The van der Waals surface area contributed by atoms with Crippen LogP contribution in [-0.4, -0.2) is 51.2 Å². The largest absolute Gasteiger partial charge is 0.476 e.